The Labute approximate surface area is 101 Å². The molecule has 1 aromatic carbocycles. The number of aliphatic hydroxyl groups is 1. The minimum Gasteiger partial charge on any atom is -0.399 e. The number of nitrogen functional groups attached to an aromatic ring is 1. The molecular weight excluding hydrogens is 216 g/mol. The number of amides is 1. The Morgan fingerprint density at radius 1 is 1.29 bits per heavy atom. The maximum absolute atomic E-state index is 11.3. The quantitative estimate of drug-likeness (QED) is 0.749. The zero-order valence-electron chi connectivity index (χ0n) is 9.80. The molecule has 1 amide bonds. The molecule has 1 heterocycles. The van der Waals surface area contributed by atoms with Crippen molar-refractivity contribution in [3.63, 3.8) is 0 Å². The number of nitrogens with zero attached hydrogens (tertiary/aromatic N) is 1. The van der Waals surface area contributed by atoms with Crippen LogP contribution in [0, 0.1) is 0 Å². The Kier molecular flexibility index (Phi) is 3.64. The van der Waals surface area contributed by atoms with E-state index in [0.717, 1.165) is 31.6 Å². The van der Waals surface area contributed by atoms with E-state index in [9.17, 15) is 4.79 Å². The summed E-state index contributed by atoms with van der Waals surface area (Å²) in [7, 11) is 0. The highest BCUT2D eigenvalue weighted by atomic mass is 16.3. The van der Waals surface area contributed by atoms with Crippen molar-refractivity contribution in [3.8, 4) is 0 Å². The van der Waals surface area contributed by atoms with Gasteiger partial charge in [0.25, 0.3) is 0 Å². The van der Waals surface area contributed by atoms with Crippen LogP contribution in [0.15, 0.2) is 24.3 Å². The Hall–Kier alpha value is -1.55. The van der Waals surface area contributed by atoms with Crippen LogP contribution in [-0.4, -0.2) is 35.6 Å². The highest BCUT2D eigenvalue weighted by Crippen LogP contribution is 2.28. The van der Waals surface area contributed by atoms with Crippen molar-refractivity contribution in [2.24, 2.45) is 0 Å². The van der Waals surface area contributed by atoms with Gasteiger partial charge in [-0.2, -0.15) is 0 Å². The lowest BCUT2D eigenvalue weighted by atomic mass is 9.89. The molecule has 92 valence electrons. The third-order valence-electron chi connectivity index (χ3n) is 3.39. The predicted octanol–water partition coefficient (Wildman–Crippen LogP) is 0.967. The van der Waals surface area contributed by atoms with Crippen LogP contribution in [0.3, 0.4) is 0 Å². The largest absolute Gasteiger partial charge is 0.399 e. The van der Waals surface area contributed by atoms with Gasteiger partial charge in [0, 0.05) is 18.8 Å². The number of benzene rings is 1. The summed E-state index contributed by atoms with van der Waals surface area (Å²) in [5.74, 6) is 0.332. The molecule has 3 N–H and O–H groups in total. The number of hydrogen-bond acceptors (Lipinski definition) is 3. The zero-order valence-corrected chi connectivity index (χ0v) is 9.80. The number of rotatable bonds is 2. The molecule has 0 aliphatic carbocycles. The van der Waals surface area contributed by atoms with Gasteiger partial charge in [-0.15, -0.1) is 0 Å². The average molecular weight is 234 g/mol. The van der Waals surface area contributed by atoms with Gasteiger partial charge >= 0.3 is 0 Å². The molecule has 1 aliphatic heterocycles. The van der Waals surface area contributed by atoms with E-state index in [0.29, 0.717) is 5.92 Å². The van der Waals surface area contributed by atoms with Crippen molar-refractivity contribution < 1.29 is 9.90 Å². The lowest BCUT2D eigenvalue weighted by molar-refractivity contribution is -0.135. The lowest BCUT2D eigenvalue weighted by Gasteiger charge is -2.31. The molecule has 0 spiro atoms. The molecule has 0 bridgehead atoms. The van der Waals surface area contributed by atoms with E-state index in [4.69, 9.17) is 10.8 Å². The van der Waals surface area contributed by atoms with Gasteiger partial charge in [0.05, 0.1) is 0 Å². The maximum Gasteiger partial charge on any atom is 0.248 e. The molecule has 0 aromatic heterocycles. The zero-order chi connectivity index (χ0) is 12.3. The Morgan fingerprint density at radius 3 is 2.41 bits per heavy atom. The van der Waals surface area contributed by atoms with Crippen LogP contribution < -0.4 is 5.73 Å². The van der Waals surface area contributed by atoms with Gasteiger partial charge in [-0.25, -0.2) is 0 Å². The van der Waals surface area contributed by atoms with Crippen LogP contribution >= 0.6 is 0 Å². The summed E-state index contributed by atoms with van der Waals surface area (Å²) in [6, 6.07) is 7.95. The average Bonchev–Trinajstić information content (AvgIpc) is 2.39. The molecule has 0 saturated carbocycles. The number of nitrogens with two attached hydrogens (primary N) is 1. The molecule has 2 rings (SSSR count). The van der Waals surface area contributed by atoms with Gasteiger partial charge in [-0.3, -0.25) is 4.79 Å². The summed E-state index contributed by atoms with van der Waals surface area (Å²) in [4.78, 5) is 13.0. The molecule has 0 unspecified atom stereocenters. The molecular formula is C13H18N2O2. The van der Waals surface area contributed by atoms with E-state index in [1.165, 1.54) is 5.56 Å². The van der Waals surface area contributed by atoms with Crippen LogP contribution in [0.4, 0.5) is 5.69 Å². The summed E-state index contributed by atoms with van der Waals surface area (Å²) >= 11 is 0. The van der Waals surface area contributed by atoms with E-state index >= 15 is 0 Å². The SMILES string of the molecule is Nc1ccc(C2CCN(C(=O)CO)CC2)cc1. The second kappa shape index (κ2) is 5.19. The normalized spacial score (nSPS) is 17.1. The van der Waals surface area contributed by atoms with Crippen molar-refractivity contribution in [1.82, 2.24) is 4.90 Å². The summed E-state index contributed by atoms with van der Waals surface area (Å²) in [6.07, 6.45) is 1.91. The number of carbonyl (C=O) groups is 1. The van der Waals surface area contributed by atoms with Crippen molar-refractivity contribution >= 4 is 11.6 Å². The standard InChI is InChI=1S/C13H18N2O2/c14-12-3-1-10(2-4-12)11-5-7-15(8-6-11)13(17)9-16/h1-4,11,16H,5-9,14H2. The first-order valence-electron chi connectivity index (χ1n) is 5.95. The summed E-state index contributed by atoms with van der Waals surface area (Å²) in [6.45, 7) is 1.08. The lowest BCUT2D eigenvalue weighted by Crippen LogP contribution is -2.39. The Balaban J connectivity index is 1.95. The monoisotopic (exact) mass is 234 g/mol. The van der Waals surface area contributed by atoms with Gasteiger partial charge < -0.3 is 15.7 Å². The van der Waals surface area contributed by atoms with Crippen LogP contribution in [0.25, 0.3) is 0 Å². The molecule has 1 aromatic rings. The Bertz CT molecular complexity index is 381. The Morgan fingerprint density at radius 2 is 1.88 bits per heavy atom. The second-order valence-electron chi connectivity index (χ2n) is 4.48. The molecule has 1 fully saturated rings. The van der Waals surface area contributed by atoms with Gasteiger partial charge in [0.2, 0.25) is 5.91 Å². The number of likely N-dealkylation sites (tertiary alicyclic amines) is 1. The topological polar surface area (TPSA) is 66.6 Å². The fourth-order valence-electron chi connectivity index (χ4n) is 2.33. The molecule has 4 nitrogen and oxygen atoms in total. The van der Waals surface area contributed by atoms with Crippen LogP contribution in [0.2, 0.25) is 0 Å². The van der Waals surface area contributed by atoms with Gasteiger partial charge in [0.15, 0.2) is 0 Å². The molecule has 0 radical (unpaired) electrons. The van der Waals surface area contributed by atoms with Crippen molar-refractivity contribution in [2.75, 3.05) is 25.4 Å². The second-order valence-corrected chi connectivity index (χ2v) is 4.48. The minimum absolute atomic E-state index is 0.166. The van der Waals surface area contributed by atoms with Gasteiger partial charge in [0.1, 0.15) is 6.61 Å². The minimum atomic E-state index is -0.382. The van der Waals surface area contributed by atoms with E-state index < -0.39 is 0 Å². The summed E-state index contributed by atoms with van der Waals surface area (Å²) < 4.78 is 0. The van der Waals surface area contributed by atoms with Crippen LogP contribution in [-0.2, 0) is 4.79 Å². The van der Waals surface area contributed by atoms with E-state index in [-0.39, 0.29) is 12.5 Å². The number of aliphatic hydroxyl groups excluding tert-OH is 1. The fraction of sp³-hybridized carbons (Fsp3) is 0.462. The molecule has 1 saturated heterocycles. The smallest absolute Gasteiger partial charge is 0.248 e. The van der Waals surface area contributed by atoms with Crippen LogP contribution in [0.5, 0.6) is 0 Å². The van der Waals surface area contributed by atoms with Crippen molar-refractivity contribution in [3.05, 3.63) is 29.8 Å². The van der Waals surface area contributed by atoms with E-state index in [1.807, 2.05) is 12.1 Å². The third-order valence-corrected chi connectivity index (χ3v) is 3.39. The number of hydrogen-bond donors (Lipinski definition) is 2. The van der Waals surface area contributed by atoms with Gasteiger partial charge in [-0.05, 0) is 36.5 Å². The van der Waals surface area contributed by atoms with Crippen molar-refractivity contribution in [2.45, 2.75) is 18.8 Å². The van der Waals surface area contributed by atoms with E-state index in [1.54, 1.807) is 4.90 Å². The molecule has 1 aliphatic rings. The summed E-state index contributed by atoms with van der Waals surface area (Å²) in [5, 5.41) is 8.80. The number of piperidine rings is 1. The maximum atomic E-state index is 11.3. The number of anilines is 1. The first-order chi connectivity index (χ1) is 8.20. The molecule has 0 atom stereocenters. The van der Waals surface area contributed by atoms with E-state index in [2.05, 4.69) is 12.1 Å². The fourth-order valence-corrected chi connectivity index (χ4v) is 2.33. The van der Waals surface area contributed by atoms with Crippen molar-refractivity contribution in [1.29, 1.82) is 0 Å². The number of carbonyl (C=O) groups excluding carboxylic acids is 1. The first-order valence-corrected chi connectivity index (χ1v) is 5.95. The predicted molar refractivity (Wildman–Crippen MR) is 66.5 cm³/mol. The van der Waals surface area contributed by atoms with Gasteiger partial charge in [-0.1, -0.05) is 12.1 Å². The third kappa shape index (κ3) is 2.77. The molecule has 4 heteroatoms. The first kappa shape index (κ1) is 11.9. The highest BCUT2D eigenvalue weighted by Gasteiger charge is 2.22. The van der Waals surface area contributed by atoms with Crippen LogP contribution in [0.1, 0.15) is 24.3 Å². The molecule has 17 heavy (non-hydrogen) atoms. The highest BCUT2D eigenvalue weighted by molar-refractivity contribution is 5.77. The summed E-state index contributed by atoms with van der Waals surface area (Å²) in [5.41, 5.74) is 7.72.